The summed E-state index contributed by atoms with van der Waals surface area (Å²) in [6.07, 6.45) is -4.04. The number of hydrogen-bond acceptors (Lipinski definition) is 3. The van der Waals surface area contributed by atoms with Crippen molar-refractivity contribution in [3.63, 3.8) is 0 Å². The normalized spacial score (nSPS) is 16.8. The third-order valence-electron chi connectivity index (χ3n) is 3.58. The molecule has 0 saturated heterocycles. The van der Waals surface area contributed by atoms with Crippen LogP contribution in [-0.2, 0) is 6.42 Å². The maximum Gasteiger partial charge on any atom is 0.573 e. The number of alkyl halides is 3. The average Bonchev–Trinajstić information content (AvgIpc) is 2.89. The molecule has 2 aromatic carbocycles. The van der Waals surface area contributed by atoms with Gasteiger partial charge in [-0.15, -0.1) is 13.2 Å². The summed E-state index contributed by atoms with van der Waals surface area (Å²) < 4.78 is 46.2. The zero-order valence-electron chi connectivity index (χ0n) is 11.8. The molecule has 6 heteroatoms. The van der Waals surface area contributed by atoms with E-state index in [1.807, 2.05) is 18.2 Å². The Morgan fingerprint density at radius 2 is 1.91 bits per heavy atom. The van der Waals surface area contributed by atoms with E-state index in [1.54, 1.807) is 19.2 Å². The third-order valence-corrected chi connectivity index (χ3v) is 3.58. The van der Waals surface area contributed by atoms with Gasteiger partial charge in [0.25, 0.3) is 0 Å². The Kier molecular flexibility index (Phi) is 3.60. The molecule has 0 spiro atoms. The first-order valence-corrected chi connectivity index (χ1v) is 6.74. The number of anilines is 1. The number of ether oxygens (including phenoxy) is 2. The van der Waals surface area contributed by atoms with Gasteiger partial charge in [-0.05, 0) is 29.8 Å². The Balaban J connectivity index is 1.84. The second-order valence-corrected chi connectivity index (χ2v) is 5.01. The molecule has 116 valence electrons. The second-order valence-electron chi connectivity index (χ2n) is 5.01. The van der Waals surface area contributed by atoms with Crippen molar-refractivity contribution in [3.8, 4) is 11.5 Å². The molecule has 0 amide bonds. The number of rotatable bonds is 3. The molecule has 1 heterocycles. The smallest absolute Gasteiger partial charge is 0.496 e. The molecule has 0 aliphatic carbocycles. The van der Waals surface area contributed by atoms with Crippen LogP contribution in [0.1, 0.15) is 17.2 Å². The van der Waals surface area contributed by atoms with Gasteiger partial charge in [0.05, 0.1) is 13.2 Å². The van der Waals surface area contributed by atoms with E-state index in [0.29, 0.717) is 6.42 Å². The van der Waals surface area contributed by atoms with Crippen LogP contribution in [0.5, 0.6) is 11.5 Å². The Labute approximate surface area is 125 Å². The molecule has 1 N–H and O–H groups in total. The minimum Gasteiger partial charge on any atom is -0.496 e. The highest BCUT2D eigenvalue weighted by Gasteiger charge is 2.31. The van der Waals surface area contributed by atoms with Crippen molar-refractivity contribution in [2.24, 2.45) is 0 Å². The summed E-state index contributed by atoms with van der Waals surface area (Å²) in [5.74, 6) is 0.560. The number of methoxy groups -OCH3 is 1. The van der Waals surface area contributed by atoms with Crippen LogP contribution in [0, 0.1) is 0 Å². The van der Waals surface area contributed by atoms with Crippen LogP contribution in [0.2, 0.25) is 0 Å². The first-order chi connectivity index (χ1) is 10.5. The van der Waals surface area contributed by atoms with Gasteiger partial charge >= 0.3 is 6.36 Å². The van der Waals surface area contributed by atoms with Gasteiger partial charge in [0.1, 0.15) is 11.5 Å². The average molecular weight is 309 g/mol. The summed E-state index contributed by atoms with van der Waals surface area (Å²) in [5, 5.41) is 3.30. The summed E-state index contributed by atoms with van der Waals surface area (Å²) in [7, 11) is 1.60. The lowest BCUT2D eigenvalue weighted by Gasteiger charge is -2.14. The van der Waals surface area contributed by atoms with Crippen molar-refractivity contribution in [1.29, 1.82) is 0 Å². The lowest BCUT2D eigenvalue weighted by molar-refractivity contribution is -0.274. The molecule has 3 nitrogen and oxygen atoms in total. The van der Waals surface area contributed by atoms with Crippen molar-refractivity contribution >= 4 is 5.69 Å². The summed E-state index contributed by atoms with van der Waals surface area (Å²) >= 11 is 0. The molecule has 3 rings (SSSR count). The number of hydrogen-bond donors (Lipinski definition) is 1. The Bertz CT molecular complexity index is 685. The standard InChI is InChI=1S/C16H14F3NO2/c1-21-15-7-3-6-13-12(15)9-14(20-13)10-4-2-5-11(8-10)22-16(17,18)19/h2-8,14,20H,9H2,1H3. The van der Waals surface area contributed by atoms with Crippen molar-refractivity contribution < 1.29 is 22.6 Å². The fourth-order valence-electron chi connectivity index (χ4n) is 2.68. The predicted molar refractivity (Wildman–Crippen MR) is 76.2 cm³/mol. The van der Waals surface area contributed by atoms with E-state index in [2.05, 4.69) is 10.1 Å². The number of halogens is 3. The van der Waals surface area contributed by atoms with Gasteiger partial charge in [0, 0.05) is 17.7 Å². The molecule has 1 atom stereocenters. The molecular weight excluding hydrogens is 295 g/mol. The van der Waals surface area contributed by atoms with E-state index in [9.17, 15) is 13.2 Å². The monoisotopic (exact) mass is 309 g/mol. The molecule has 1 aliphatic heterocycles. The number of nitrogens with one attached hydrogen (secondary N) is 1. The van der Waals surface area contributed by atoms with Crippen LogP contribution in [0.15, 0.2) is 42.5 Å². The van der Waals surface area contributed by atoms with Crippen LogP contribution >= 0.6 is 0 Å². The van der Waals surface area contributed by atoms with Gasteiger partial charge in [-0.1, -0.05) is 18.2 Å². The SMILES string of the molecule is COc1cccc2c1CC(c1cccc(OC(F)(F)F)c1)N2. The quantitative estimate of drug-likeness (QED) is 0.917. The molecule has 0 radical (unpaired) electrons. The summed E-state index contributed by atoms with van der Waals surface area (Å²) in [6.45, 7) is 0. The number of benzene rings is 2. The maximum atomic E-state index is 12.3. The lowest BCUT2D eigenvalue weighted by Crippen LogP contribution is -2.17. The first-order valence-electron chi connectivity index (χ1n) is 6.74. The molecule has 1 unspecified atom stereocenters. The van der Waals surface area contributed by atoms with E-state index in [-0.39, 0.29) is 11.8 Å². The van der Waals surface area contributed by atoms with Gasteiger partial charge in [0.15, 0.2) is 0 Å². The van der Waals surface area contributed by atoms with Crippen LogP contribution < -0.4 is 14.8 Å². The Hall–Kier alpha value is -2.37. The van der Waals surface area contributed by atoms with E-state index in [0.717, 1.165) is 22.6 Å². The van der Waals surface area contributed by atoms with Crippen molar-refractivity contribution in [3.05, 3.63) is 53.6 Å². The minimum atomic E-state index is -4.69. The highest BCUT2D eigenvalue weighted by atomic mass is 19.4. The van der Waals surface area contributed by atoms with Gasteiger partial charge in [-0.3, -0.25) is 0 Å². The van der Waals surface area contributed by atoms with E-state index in [4.69, 9.17) is 4.74 Å². The van der Waals surface area contributed by atoms with Gasteiger partial charge in [0.2, 0.25) is 0 Å². The van der Waals surface area contributed by atoms with E-state index >= 15 is 0 Å². The fraction of sp³-hybridized carbons (Fsp3) is 0.250. The molecule has 22 heavy (non-hydrogen) atoms. The third kappa shape index (κ3) is 2.95. The molecule has 2 aromatic rings. The van der Waals surface area contributed by atoms with Crippen molar-refractivity contribution in [1.82, 2.24) is 0 Å². The van der Waals surface area contributed by atoms with Crippen LogP contribution in [0.25, 0.3) is 0 Å². The van der Waals surface area contributed by atoms with Gasteiger partial charge in [-0.2, -0.15) is 0 Å². The van der Waals surface area contributed by atoms with Gasteiger partial charge < -0.3 is 14.8 Å². The van der Waals surface area contributed by atoms with E-state index < -0.39 is 6.36 Å². The molecule has 0 bridgehead atoms. The van der Waals surface area contributed by atoms with Crippen LogP contribution in [-0.4, -0.2) is 13.5 Å². The van der Waals surface area contributed by atoms with Crippen molar-refractivity contribution in [2.75, 3.05) is 12.4 Å². The zero-order chi connectivity index (χ0) is 15.7. The summed E-state index contributed by atoms with van der Waals surface area (Å²) in [6, 6.07) is 11.6. The summed E-state index contributed by atoms with van der Waals surface area (Å²) in [5.41, 5.74) is 2.70. The molecule has 0 saturated carbocycles. The van der Waals surface area contributed by atoms with Crippen LogP contribution in [0.3, 0.4) is 0 Å². The minimum absolute atomic E-state index is 0.108. The largest absolute Gasteiger partial charge is 0.573 e. The summed E-state index contributed by atoms with van der Waals surface area (Å²) in [4.78, 5) is 0. The highest BCUT2D eigenvalue weighted by Crippen LogP contribution is 2.40. The molecular formula is C16H14F3NO2. The lowest BCUT2D eigenvalue weighted by atomic mass is 10.0. The second kappa shape index (κ2) is 5.44. The Morgan fingerprint density at radius 3 is 2.64 bits per heavy atom. The molecule has 0 fully saturated rings. The van der Waals surface area contributed by atoms with E-state index in [1.165, 1.54) is 12.1 Å². The molecule has 1 aliphatic rings. The van der Waals surface area contributed by atoms with Gasteiger partial charge in [-0.25, -0.2) is 0 Å². The maximum absolute atomic E-state index is 12.3. The number of fused-ring (bicyclic) bond motifs is 1. The highest BCUT2D eigenvalue weighted by molar-refractivity contribution is 5.63. The topological polar surface area (TPSA) is 30.5 Å². The predicted octanol–water partition coefficient (Wildman–Crippen LogP) is 4.30. The first kappa shape index (κ1) is 14.6. The van der Waals surface area contributed by atoms with Crippen LogP contribution in [0.4, 0.5) is 18.9 Å². The Morgan fingerprint density at radius 1 is 1.14 bits per heavy atom. The van der Waals surface area contributed by atoms with Crippen molar-refractivity contribution in [2.45, 2.75) is 18.8 Å². The fourth-order valence-corrected chi connectivity index (χ4v) is 2.68. The molecule has 0 aromatic heterocycles. The zero-order valence-corrected chi connectivity index (χ0v) is 11.8.